The van der Waals surface area contributed by atoms with Crippen molar-refractivity contribution in [3.63, 3.8) is 0 Å². The normalized spacial score (nSPS) is 11.6. The van der Waals surface area contributed by atoms with E-state index >= 15 is 0 Å². The average Bonchev–Trinajstić information content (AvgIpc) is 3.87. The van der Waals surface area contributed by atoms with Crippen LogP contribution in [0.25, 0.3) is 93.6 Å². The van der Waals surface area contributed by atoms with Gasteiger partial charge >= 0.3 is 0 Å². The van der Waals surface area contributed by atoms with Crippen LogP contribution in [-0.4, -0.2) is 4.57 Å². The number of rotatable bonds is 7. The van der Waals surface area contributed by atoms with Crippen LogP contribution in [0, 0.1) is 0 Å². The number of benzene rings is 10. The third-order valence-corrected chi connectivity index (χ3v) is 12.2. The molecule has 0 unspecified atom stereocenters. The Balaban J connectivity index is 1.23. The Morgan fingerprint density at radius 1 is 0.361 bits per heavy atom. The van der Waals surface area contributed by atoms with E-state index in [1.165, 1.54) is 38.4 Å². The van der Waals surface area contributed by atoms with E-state index < -0.39 is 0 Å². The molecule has 3 heteroatoms. The second-order valence-corrected chi connectivity index (χ2v) is 15.7. The van der Waals surface area contributed by atoms with Gasteiger partial charge in [0.25, 0.3) is 0 Å². The van der Waals surface area contributed by atoms with Crippen molar-refractivity contribution in [3.05, 3.63) is 231 Å². The number of fused-ring (bicyclic) bond motifs is 7. The van der Waals surface area contributed by atoms with E-state index in [1.54, 1.807) is 0 Å². The lowest BCUT2D eigenvalue weighted by Gasteiger charge is -2.28. The van der Waals surface area contributed by atoms with Crippen molar-refractivity contribution < 1.29 is 4.42 Å². The van der Waals surface area contributed by atoms with E-state index in [-0.39, 0.29) is 0 Å². The molecule has 286 valence electrons. The summed E-state index contributed by atoms with van der Waals surface area (Å²) in [6.07, 6.45) is 0. The van der Waals surface area contributed by atoms with Crippen LogP contribution >= 0.6 is 0 Å². The van der Waals surface area contributed by atoms with Gasteiger partial charge in [-0.15, -0.1) is 0 Å². The lowest BCUT2D eigenvalue weighted by atomic mass is 9.94. The van der Waals surface area contributed by atoms with Crippen LogP contribution in [0.5, 0.6) is 0 Å². The van der Waals surface area contributed by atoms with Crippen molar-refractivity contribution in [1.82, 2.24) is 4.57 Å². The van der Waals surface area contributed by atoms with Gasteiger partial charge in [0.05, 0.1) is 22.4 Å². The minimum absolute atomic E-state index is 0.863. The van der Waals surface area contributed by atoms with Crippen molar-refractivity contribution in [2.75, 3.05) is 4.90 Å². The maximum absolute atomic E-state index is 6.79. The SMILES string of the molecule is c1ccc(-c2ccc(N(c3cccc(-c4ccccc4)c3)c3cccc4c5c(-c6ccccc6)c6c(cc5n(-c5cccc7ccccc57)c34)oc3ccccc36)cc2)cc1. The van der Waals surface area contributed by atoms with E-state index in [4.69, 9.17) is 4.42 Å². The molecule has 0 aliphatic heterocycles. The maximum atomic E-state index is 6.79. The Hall–Kier alpha value is -8.14. The molecular weight excluding hydrogens is 741 g/mol. The van der Waals surface area contributed by atoms with E-state index in [9.17, 15) is 0 Å². The Morgan fingerprint density at radius 3 is 1.70 bits per heavy atom. The molecule has 0 radical (unpaired) electrons. The minimum Gasteiger partial charge on any atom is -0.456 e. The fourth-order valence-corrected chi connectivity index (χ4v) is 9.45. The zero-order chi connectivity index (χ0) is 40.3. The van der Waals surface area contributed by atoms with Crippen LogP contribution in [0.2, 0.25) is 0 Å². The summed E-state index contributed by atoms with van der Waals surface area (Å²) < 4.78 is 9.29. The molecule has 0 aliphatic rings. The molecule has 10 aromatic carbocycles. The molecule has 2 aromatic heterocycles. The number of para-hydroxylation sites is 2. The molecule has 3 nitrogen and oxygen atoms in total. The average molecular weight is 779 g/mol. The van der Waals surface area contributed by atoms with Crippen LogP contribution in [-0.2, 0) is 0 Å². The summed E-state index contributed by atoms with van der Waals surface area (Å²) in [4.78, 5) is 2.44. The molecule has 0 fully saturated rings. The first kappa shape index (κ1) is 34.9. The van der Waals surface area contributed by atoms with Crippen molar-refractivity contribution in [3.8, 4) is 39.1 Å². The van der Waals surface area contributed by atoms with Crippen molar-refractivity contribution in [1.29, 1.82) is 0 Å². The summed E-state index contributed by atoms with van der Waals surface area (Å²) >= 11 is 0. The number of aromatic nitrogens is 1. The highest BCUT2D eigenvalue weighted by molar-refractivity contribution is 6.28. The molecule has 0 amide bonds. The van der Waals surface area contributed by atoms with Gasteiger partial charge in [-0.1, -0.05) is 182 Å². The molecule has 0 atom stereocenters. The van der Waals surface area contributed by atoms with E-state index in [0.29, 0.717) is 0 Å². The Bertz CT molecular complexity index is 3560. The molecule has 0 saturated heterocycles. The van der Waals surface area contributed by atoms with E-state index in [1.807, 2.05) is 0 Å². The Labute approximate surface area is 353 Å². The first-order valence-corrected chi connectivity index (χ1v) is 20.8. The van der Waals surface area contributed by atoms with E-state index in [0.717, 1.165) is 72.2 Å². The van der Waals surface area contributed by atoms with Crippen molar-refractivity contribution >= 4 is 71.6 Å². The first-order chi connectivity index (χ1) is 30.3. The lowest BCUT2D eigenvalue weighted by molar-refractivity contribution is 0.669. The van der Waals surface area contributed by atoms with Gasteiger partial charge in [-0.3, -0.25) is 0 Å². The van der Waals surface area contributed by atoms with Crippen LogP contribution in [0.15, 0.2) is 235 Å². The topological polar surface area (TPSA) is 21.3 Å². The van der Waals surface area contributed by atoms with Gasteiger partial charge in [-0.2, -0.15) is 0 Å². The number of hydrogen-bond donors (Lipinski definition) is 0. The summed E-state index contributed by atoms with van der Waals surface area (Å²) in [6, 6.07) is 82.9. The standard InChI is InChI=1S/C58H38N2O/c1-4-17-39(18-5-1)41-33-35-45(36-34-41)59(46-26-14-25-44(37-46)40-19-6-2-7-20-40)51-31-16-29-49-56-52(60(58(49)51)50-30-15-24-42-21-10-11-27-47(42)50)38-54-57(48-28-12-13-32-53(48)61-54)55(56)43-22-8-3-9-23-43/h1-38H. The Kier molecular flexibility index (Phi) is 8.17. The molecular formula is C58H38N2O. The van der Waals surface area contributed by atoms with Gasteiger partial charge in [0, 0.05) is 49.9 Å². The molecule has 0 N–H and O–H groups in total. The monoisotopic (exact) mass is 778 g/mol. The van der Waals surface area contributed by atoms with Gasteiger partial charge in [-0.25, -0.2) is 0 Å². The molecule has 61 heavy (non-hydrogen) atoms. The molecule has 0 bridgehead atoms. The predicted molar refractivity (Wildman–Crippen MR) is 257 cm³/mol. The molecule has 12 aromatic rings. The first-order valence-electron chi connectivity index (χ1n) is 20.8. The van der Waals surface area contributed by atoms with E-state index in [2.05, 4.69) is 240 Å². The number of nitrogens with zero attached hydrogens (tertiary/aromatic N) is 2. The van der Waals surface area contributed by atoms with Crippen LogP contribution in [0.4, 0.5) is 17.1 Å². The zero-order valence-electron chi connectivity index (χ0n) is 33.2. The summed E-state index contributed by atoms with van der Waals surface area (Å²) in [5, 5.41) is 6.95. The molecule has 0 aliphatic carbocycles. The van der Waals surface area contributed by atoms with Gasteiger partial charge in [-0.05, 0) is 75.7 Å². The second kappa shape index (κ2) is 14.3. The number of anilines is 3. The second-order valence-electron chi connectivity index (χ2n) is 15.7. The molecule has 0 spiro atoms. The third-order valence-electron chi connectivity index (χ3n) is 12.2. The third kappa shape index (κ3) is 5.74. The summed E-state index contributed by atoms with van der Waals surface area (Å²) in [5.74, 6) is 0. The van der Waals surface area contributed by atoms with Crippen LogP contribution in [0.3, 0.4) is 0 Å². The number of hydrogen-bond acceptors (Lipinski definition) is 2. The molecule has 0 saturated carbocycles. The lowest BCUT2D eigenvalue weighted by Crippen LogP contribution is -2.12. The predicted octanol–water partition coefficient (Wildman–Crippen LogP) is 16.3. The minimum atomic E-state index is 0.863. The highest BCUT2D eigenvalue weighted by Gasteiger charge is 2.27. The fraction of sp³-hybridized carbons (Fsp3) is 0. The zero-order valence-corrected chi connectivity index (χ0v) is 33.2. The van der Waals surface area contributed by atoms with Crippen molar-refractivity contribution in [2.45, 2.75) is 0 Å². The van der Waals surface area contributed by atoms with Crippen LogP contribution < -0.4 is 4.90 Å². The molecule has 2 heterocycles. The molecule has 12 rings (SSSR count). The fourth-order valence-electron chi connectivity index (χ4n) is 9.45. The Morgan fingerprint density at radius 2 is 0.934 bits per heavy atom. The summed E-state index contributed by atoms with van der Waals surface area (Å²) in [6.45, 7) is 0. The summed E-state index contributed by atoms with van der Waals surface area (Å²) in [5.41, 5.74) is 15.3. The van der Waals surface area contributed by atoms with Gasteiger partial charge in [0.15, 0.2) is 0 Å². The quantitative estimate of drug-likeness (QED) is 0.161. The summed E-state index contributed by atoms with van der Waals surface area (Å²) in [7, 11) is 0. The smallest absolute Gasteiger partial charge is 0.138 e. The largest absolute Gasteiger partial charge is 0.456 e. The van der Waals surface area contributed by atoms with Gasteiger partial charge in [0.2, 0.25) is 0 Å². The highest BCUT2D eigenvalue weighted by atomic mass is 16.3. The van der Waals surface area contributed by atoms with Crippen molar-refractivity contribution in [2.24, 2.45) is 0 Å². The van der Waals surface area contributed by atoms with Crippen LogP contribution in [0.1, 0.15) is 0 Å². The van der Waals surface area contributed by atoms with Gasteiger partial charge < -0.3 is 13.9 Å². The maximum Gasteiger partial charge on any atom is 0.138 e. The number of furan rings is 1. The highest BCUT2D eigenvalue weighted by Crippen LogP contribution is 2.50. The van der Waals surface area contributed by atoms with Gasteiger partial charge in [0.1, 0.15) is 11.2 Å².